The lowest BCUT2D eigenvalue weighted by Gasteiger charge is -2.34. The number of hydrogen-bond acceptors (Lipinski definition) is 2. The van der Waals surface area contributed by atoms with Gasteiger partial charge in [-0.25, -0.2) is 4.79 Å². The molecule has 6 nitrogen and oxygen atoms in total. The molecule has 0 unspecified atom stereocenters. The van der Waals surface area contributed by atoms with Crippen LogP contribution in [0.1, 0.15) is 62.5 Å². The third-order valence-electron chi connectivity index (χ3n) is 6.84. The van der Waals surface area contributed by atoms with Crippen molar-refractivity contribution in [2.24, 2.45) is 5.92 Å². The minimum absolute atomic E-state index is 0.00872. The molecule has 6 heteroatoms. The van der Waals surface area contributed by atoms with Gasteiger partial charge in [0, 0.05) is 36.2 Å². The van der Waals surface area contributed by atoms with Crippen molar-refractivity contribution >= 4 is 22.9 Å². The number of H-pyrrole nitrogens is 1. The number of para-hydroxylation sites is 1. The Hall–Kier alpha value is -2.50. The Bertz CT molecular complexity index is 875. The molecule has 1 saturated carbocycles. The average Bonchev–Trinajstić information content (AvgIpc) is 3.18. The number of nitrogens with zero attached hydrogens (tertiary/aromatic N) is 1. The van der Waals surface area contributed by atoms with E-state index in [1.165, 1.54) is 22.0 Å². The summed E-state index contributed by atoms with van der Waals surface area (Å²) in [6.07, 6.45) is 7.95. The van der Waals surface area contributed by atoms with Crippen molar-refractivity contribution in [1.82, 2.24) is 15.2 Å². The molecule has 1 aliphatic carbocycles. The lowest BCUT2D eigenvalue weighted by Crippen LogP contribution is -2.48. The van der Waals surface area contributed by atoms with Crippen molar-refractivity contribution in [2.45, 2.75) is 63.8 Å². The molecular weight excluding hydrogens is 366 g/mol. The summed E-state index contributed by atoms with van der Waals surface area (Å²) in [7, 11) is 0. The van der Waals surface area contributed by atoms with E-state index in [2.05, 4.69) is 41.6 Å². The van der Waals surface area contributed by atoms with Crippen molar-refractivity contribution in [3.63, 3.8) is 0 Å². The molecule has 1 aliphatic heterocycles. The molecule has 29 heavy (non-hydrogen) atoms. The normalized spacial score (nSPS) is 23.3. The zero-order valence-corrected chi connectivity index (χ0v) is 17.1. The number of nitrogens with one attached hydrogen (secondary N) is 2. The summed E-state index contributed by atoms with van der Waals surface area (Å²) in [5.41, 5.74) is 3.98. The second-order valence-electron chi connectivity index (χ2n) is 8.53. The fourth-order valence-corrected chi connectivity index (χ4v) is 5.02. The van der Waals surface area contributed by atoms with E-state index in [-0.39, 0.29) is 18.0 Å². The number of urea groups is 1. The lowest BCUT2D eigenvalue weighted by atomic mass is 9.86. The Morgan fingerprint density at radius 3 is 2.52 bits per heavy atom. The number of carbonyl (C=O) groups is 2. The Balaban J connectivity index is 1.32. The van der Waals surface area contributed by atoms with Gasteiger partial charge in [0.15, 0.2) is 0 Å². The van der Waals surface area contributed by atoms with Gasteiger partial charge in [-0.1, -0.05) is 25.1 Å². The number of carboxylic acid groups (broad SMARTS) is 1. The van der Waals surface area contributed by atoms with Gasteiger partial charge in [0.1, 0.15) is 0 Å². The van der Waals surface area contributed by atoms with Crippen LogP contribution in [0.5, 0.6) is 0 Å². The van der Waals surface area contributed by atoms with Gasteiger partial charge < -0.3 is 20.3 Å². The highest BCUT2D eigenvalue weighted by molar-refractivity contribution is 5.86. The van der Waals surface area contributed by atoms with Gasteiger partial charge >= 0.3 is 12.0 Å². The smallest absolute Gasteiger partial charge is 0.317 e. The molecule has 1 aromatic heterocycles. The summed E-state index contributed by atoms with van der Waals surface area (Å²) in [6.45, 7) is 3.71. The van der Waals surface area contributed by atoms with Crippen molar-refractivity contribution < 1.29 is 14.7 Å². The van der Waals surface area contributed by atoms with E-state index >= 15 is 0 Å². The van der Waals surface area contributed by atoms with E-state index in [0.29, 0.717) is 18.8 Å². The highest BCUT2D eigenvalue weighted by Gasteiger charge is 2.30. The van der Waals surface area contributed by atoms with E-state index in [1.54, 1.807) is 0 Å². The highest BCUT2D eigenvalue weighted by atomic mass is 16.4. The number of carbonyl (C=O) groups excluding carboxylic acids is 1. The van der Waals surface area contributed by atoms with E-state index in [0.717, 1.165) is 45.2 Å². The molecule has 2 aliphatic rings. The standard InChI is InChI=1S/C23H31N3O3/c1-2-15-4-3-5-19-20(14-24-21(15)19)16-10-12-26(13-11-16)23(29)25-18-8-6-17(7-9-18)22(27)28/h3-5,14,16-18,24H,2,6-13H2,1H3,(H,25,29)(H,27,28). The van der Waals surface area contributed by atoms with E-state index < -0.39 is 5.97 Å². The zero-order chi connectivity index (χ0) is 20.4. The van der Waals surface area contributed by atoms with Crippen LogP contribution in [-0.2, 0) is 11.2 Å². The number of benzene rings is 1. The summed E-state index contributed by atoms with van der Waals surface area (Å²) in [4.78, 5) is 29.1. The number of aryl methyl sites for hydroxylation is 1. The first-order valence-corrected chi connectivity index (χ1v) is 10.9. The molecule has 0 bridgehead atoms. The maximum atomic E-state index is 12.7. The van der Waals surface area contributed by atoms with Gasteiger partial charge in [-0.05, 0) is 62.0 Å². The summed E-state index contributed by atoms with van der Waals surface area (Å²) < 4.78 is 0. The van der Waals surface area contributed by atoms with E-state index in [4.69, 9.17) is 5.11 Å². The number of amides is 2. The van der Waals surface area contributed by atoms with Gasteiger partial charge in [-0.2, -0.15) is 0 Å². The number of piperidine rings is 1. The number of fused-ring (bicyclic) bond motifs is 1. The number of carboxylic acids is 1. The minimum atomic E-state index is -0.708. The van der Waals surface area contributed by atoms with Crippen LogP contribution in [0.15, 0.2) is 24.4 Å². The molecule has 2 fully saturated rings. The number of aromatic amines is 1. The predicted octanol–water partition coefficient (Wildman–Crippen LogP) is 4.26. The van der Waals surface area contributed by atoms with Gasteiger partial charge in [0.2, 0.25) is 0 Å². The number of hydrogen-bond donors (Lipinski definition) is 3. The fourth-order valence-electron chi connectivity index (χ4n) is 5.02. The van der Waals surface area contributed by atoms with Crippen LogP contribution in [0.25, 0.3) is 10.9 Å². The molecule has 4 rings (SSSR count). The SMILES string of the molecule is CCc1cccc2c(C3CCN(C(=O)NC4CCC(C(=O)O)CC4)CC3)c[nH]c12. The minimum Gasteiger partial charge on any atom is -0.481 e. The highest BCUT2D eigenvalue weighted by Crippen LogP contribution is 2.34. The Morgan fingerprint density at radius 1 is 1.14 bits per heavy atom. The summed E-state index contributed by atoms with van der Waals surface area (Å²) in [5, 5.41) is 13.6. The first-order valence-electron chi connectivity index (χ1n) is 10.9. The van der Waals surface area contributed by atoms with Gasteiger partial charge in [0.25, 0.3) is 0 Å². The fraction of sp³-hybridized carbons (Fsp3) is 0.565. The Kier molecular flexibility index (Phi) is 5.79. The molecule has 1 saturated heterocycles. The van der Waals surface area contributed by atoms with Crippen LogP contribution in [0.2, 0.25) is 0 Å². The van der Waals surface area contributed by atoms with E-state index in [1.807, 2.05) is 4.90 Å². The number of rotatable bonds is 4. The lowest BCUT2D eigenvalue weighted by molar-refractivity contribution is -0.142. The second-order valence-corrected chi connectivity index (χ2v) is 8.53. The molecule has 2 amide bonds. The Labute approximate surface area is 171 Å². The van der Waals surface area contributed by atoms with Crippen molar-refractivity contribution in [1.29, 1.82) is 0 Å². The molecule has 0 radical (unpaired) electrons. The molecule has 2 heterocycles. The Morgan fingerprint density at radius 2 is 1.86 bits per heavy atom. The number of aliphatic carboxylic acids is 1. The van der Waals surface area contributed by atoms with Crippen LogP contribution in [0.4, 0.5) is 4.79 Å². The maximum Gasteiger partial charge on any atom is 0.317 e. The third kappa shape index (κ3) is 4.11. The molecule has 0 atom stereocenters. The van der Waals surface area contributed by atoms with Gasteiger partial charge in [0.05, 0.1) is 5.92 Å². The van der Waals surface area contributed by atoms with Gasteiger partial charge in [-0.3, -0.25) is 4.79 Å². The second kappa shape index (κ2) is 8.47. The number of likely N-dealkylation sites (tertiary alicyclic amines) is 1. The van der Waals surface area contributed by atoms with Crippen molar-refractivity contribution in [3.8, 4) is 0 Å². The first-order chi connectivity index (χ1) is 14.1. The third-order valence-corrected chi connectivity index (χ3v) is 6.84. The molecule has 156 valence electrons. The summed E-state index contributed by atoms with van der Waals surface area (Å²) in [5.74, 6) is -0.477. The zero-order valence-electron chi connectivity index (χ0n) is 17.1. The predicted molar refractivity (Wildman–Crippen MR) is 113 cm³/mol. The topological polar surface area (TPSA) is 85.4 Å². The summed E-state index contributed by atoms with van der Waals surface area (Å²) in [6, 6.07) is 6.64. The monoisotopic (exact) mass is 397 g/mol. The molecule has 1 aromatic carbocycles. The van der Waals surface area contributed by atoms with Crippen LogP contribution >= 0.6 is 0 Å². The number of aromatic nitrogens is 1. The maximum absolute atomic E-state index is 12.7. The average molecular weight is 398 g/mol. The van der Waals surface area contributed by atoms with Crippen LogP contribution in [-0.4, -0.2) is 46.1 Å². The van der Waals surface area contributed by atoms with Gasteiger partial charge in [-0.15, -0.1) is 0 Å². The van der Waals surface area contributed by atoms with E-state index in [9.17, 15) is 9.59 Å². The van der Waals surface area contributed by atoms with Crippen molar-refractivity contribution in [3.05, 3.63) is 35.5 Å². The quantitative estimate of drug-likeness (QED) is 0.720. The molecular formula is C23H31N3O3. The molecule has 2 aromatic rings. The summed E-state index contributed by atoms with van der Waals surface area (Å²) >= 11 is 0. The van der Waals surface area contributed by atoms with Crippen LogP contribution < -0.4 is 5.32 Å². The first kappa shape index (κ1) is 19.8. The van der Waals surface area contributed by atoms with Crippen LogP contribution in [0.3, 0.4) is 0 Å². The molecule has 3 N–H and O–H groups in total. The largest absolute Gasteiger partial charge is 0.481 e. The molecule has 0 spiro atoms. The van der Waals surface area contributed by atoms with Crippen LogP contribution in [0, 0.1) is 5.92 Å². The van der Waals surface area contributed by atoms with Crippen molar-refractivity contribution in [2.75, 3.05) is 13.1 Å².